The number of rotatable bonds is 8. The number of alkyl carbamates (subject to hydrolysis) is 1. The van der Waals surface area contributed by atoms with E-state index in [1.807, 2.05) is 19.9 Å². The molecule has 0 aromatic heterocycles. The molecule has 3 unspecified atom stereocenters. The minimum atomic E-state index is -0.776. The molecule has 2 N–H and O–H groups in total. The monoisotopic (exact) mass is 392 g/mol. The molecule has 1 rings (SSSR count). The van der Waals surface area contributed by atoms with Crippen LogP contribution in [0.25, 0.3) is 0 Å². The van der Waals surface area contributed by atoms with E-state index in [1.165, 1.54) is 7.11 Å². The maximum atomic E-state index is 12.4. The van der Waals surface area contributed by atoms with E-state index in [4.69, 9.17) is 9.47 Å². The number of methoxy groups -OCH3 is 1. The summed E-state index contributed by atoms with van der Waals surface area (Å²) in [6.07, 6.45) is 0.124. The van der Waals surface area contributed by atoms with Gasteiger partial charge in [0, 0.05) is 12.1 Å². The molecule has 0 bridgehead atoms. The van der Waals surface area contributed by atoms with Gasteiger partial charge in [-0.1, -0.05) is 32.0 Å². The Morgan fingerprint density at radius 2 is 1.68 bits per heavy atom. The summed E-state index contributed by atoms with van der Waals surface area (Å²) in [6.45, 7) is 9.63. The summed E-state index contributed by atoms with van der Waals surface area (Å²) in [7, 11) is 1.30. The van der Waals surface area contributed by atoms with Crippen LogP contribution in [-0.2, 0) is 14.3 Å². The van der Waals surface area contributed by atoms with Gasteiger partial charge in [0.1, 0.15) is 11.6 Å². The van der Waals surface area contributed by atoms with Crippen LogP contribution in [0.4, 0.5) is 4.79 Å². The van der Waals surface area contributed by atoms with E-state index in [9.17, 15) is 14.4 Å². The molecule has 0 spiro atoms. The largest absolute Gasteiger partial charge is 0.467 e. The van der Waals surface area contributed by atoms with E-state index in [0.717, 1.165) is 0 Å². The molecule has 0 radical (unpaired) electrons. The standard InChI is InChI=1S/C21H32N2O5/c1-14(13-22-20(26)28-21(3,4)5)12-15(2)17(19(25)27-6)23-18(24)16-10-8-7-9-11-16/h7-11,14-15,17H,12-13H2,1-6H3,(H,22,26)(H,23,24). The Hall–Kier alpha value is -2.57. The summed E-state index contributed by atoms with van der Waals surface area (Å²) in [5.41, 5.74) is -0.0820. The summed E-state index contributed by atoms with van der Waals surface area (Å²) in [4.78, 5) is 36.4. The van der Waals surface area contributed by atoms with E-state index in [0.29, 0.717) is 18.5 Å². The lowest BCUT2D eigenvalue weighted by Crippen LogP contribution is -2.46. The van der Waals surface area contributed by atoms with E-state index < -0.39 is 23.7 Å². The van der Waals surface area contributed by atoms with Crippen LogP contribution in [0.15, 0.2) is 30.3 Å². The Balaban J connectivity index is 2.64. The number of nitrogens with one attached hydrogen (secondary N) is 2. The maximum absolute atomic E-state index is 12.4. The van der Waals surface area contributed by atoms with E-state index in [1.54, 1.807) is 45.0 Å². The van der Waals surface area contributed by atoms with Crippen LogP contribution < -0.4 is 10.6 Å². The second-order valence-electron chi connectivity index (χ2n) is 8.04. The van der Waals surface area contributed by atoms with Gasteiger partial charge in [0.15, 0.2) is 0 Å². The predicted molar refractivity (Wildman–Crippen MR) is 107 cm³/mol. The minimum absolute atomic E-state index is 0.0725. The zero-order valence-electron chi connectivity index (χ0n) is 17.6. The number of carbonyl (C=O) groups excluding carboxylic acids is 3. The number of hydrogen-bond donors (Lipinski definition) is 2. The van der Waals surface area contributed by atoms with Crippen molar-refractivity contribution in [3.05, 3.63) is 35.9 Å². The van der Waals surface area contributed by atoms with Crippen molar-refractivity contribution >= 4 is 18.0 Å². The molecule has 7 heteroatoms. The molecule has 0 saturated carbocycles. The van der Waals surface area contributed by atoms with Gasteiger partial charge in [0.2, 0.25) is 0 Å². The van der Waals surface area contributed by atoms with Gasteiger partial charge in [-0.15, -0.1) is 0 Å². The average molecular weight is 392 g/mol. The van der Waals surface area contributed by atoms with Crippen molar-refractivity contribution in [3.8, 4) is 0 Å². The normalized spacial score (nSPS) is 14.4. The van der Waals surface area contributed by atoms with Gasteiger partial charge in [-0.25, -0.2) is 9.59 Å². The summed E-state index contributed by atoms with van der Waals surface area (Å²) >= 11 is 0. The first-order valence-corrected chi connectivity index (χ1v) is 9.44. The van der Waals surface area contributed by atoms with E-state index in [-0.39, 0.29) is 17.7 Å². The Morgan fingerprint density at radius 3 is 2.21 bits per heavy atom. The molecule has 0 aliphatic heterocycles. The molecule has 0 saturated heterocycles. The van der Waals surface area contributed by atoms with Gasteiger partial charge in [-0.05, 0) is 51.2 Å². The maximum Gasteiger partial charge on any atom is 0.407 e. The van der Waals surface area contributed by atoms with Crippen molar-refractivity contribution in [3.63, 3.8) is 0 Å². The number of esters is 1. The quantitative estimate of drug-likeness (QED) is 0.663. The third kappa shape index (κ3) is 8.41. The van der Waals surface area contributed by atoms with Crippen molar-refractivity contribution in [2.24, 2.45) is 11.8 Å². The molecule has 0 fully saturated rings. The highest BCUT2D eigenvalue weighted by atomic mass is 16.6. The first kappa shape index (κ1) is 23.5. The van der Waals surface area contributed by atoms with Crippen LogP contribution >= 0.6 is 0 Å². The van der Waals surface area contributed by atoms with Crippen molar-refractivity contribution < 1.29 is 23.9 Å². The molecule has 1 aromatic rings. The fourth-order valence-electron chi connectivity index (χ4n) is 2.80. The van der Waals surface area contributed by atoms with Gasteiger partial charge in [-0.3, -0.25) is 4.79 Å². The molecule has 28 heavy (non-hydrogen) atoms. The Bertz CT molecular complexity index is 655. The van der Waals surface area contributed by atoms with Gasteiger partial charge in [0.25, 0.3) is 5.91 Å². The van der Waals surface area contributed by atoms with Gasteiger partial charge >= 0.3 is 12.1 Å². The lowest BCUT2D eigenvalue weighted by Gasteiger charge is -2.26. The van der Waals surface area contributed by atoms with Crippen molar-refractivity contribution in [2.75, 3.05) is 13.7 Å². The summed E-state index contributed by atoms with van der Waals surface area (Å²) in [6, 6.07) is 7.92. The lowest BCUT2D eigenvalue weighted by molar-refractivity contribution is -0.144. The number of amides is 2. The SMILES string of the molecule is COC(=O)C(NC(=O)c1ccccc1)C(C)CC(C)CNC(=O)OC(C)(C)C. The molecule has 1 aromatic carbocycles. The second-order valence-corrected chi connectivity index (χ2v) is 8.04. The molecule has 156 valence electrons. The highest BCUT2D eigenvalue weighted by Crippen LogP contribution is 2.17. The molecule has 0 heterocycles. The third-order valence-electron chi connectivity index (χ3n) is 4.11. The first-order valence-electron chi connectivity index (χ1n) is 9.44. The number of benzene rings is 1. The van der Waals surface area contributed by atoms with Crippen LogP contribution in [0, 0.1) is 11.8 Å². The van der Waals surface area contributed by atoms with Crippen LogP contribution in [0.3, 0.4) is 0 Å². The third-order valence-corrected chi connectivity index (χ3v) is 4.11. The number of carbonyl (C=O) groups is 3. The molecule has 3 atom stereocenters. The Kier molecular flexibility index (Phi) is 8.96. The zero-order valence-corrected chi connectivity index (χ0v) is 17.6. The fraction of sp³-hybridized carbons (Fsp3) is 0.571. The molecule has 0 aliphatic rings. The molecule has 0 aliphatic carbocycles. The summed E-state index contributed by atoms with van der Waals surface area (Å²) < 4.78 is 10.1. The minimum Gasteiger partial charge on any atom is -0.467 e. The number of hydrogen-bond acceptors (Lipinski definition) is 5. The van der Waals surface area contributed by atoms with Crippen molar-refractivity contribution in [1.29, 1.82) is 0 Å². The molecule has 7 nitrogen and oxygen atoms in total. The molecule has 2 amide bonds. The van der Waals surface area contributed by atoms with Gasteiger partial charge in [0.05, 0.1) is 7.11 Å². The highest BCUT2D eigenvalue weighted by molar-refractivity contribution is 5.96. The highest BCUT2D eigenvalue weighted by Gasteiger charge is 2.29. The Morgan fingerprint density at radius 1 is 1.07 bits per heavy atom. The smallest absolute Gasteiger partial charge is 0.407 e. The molecular weight excluding hydrogens is 360 g/mol. The van der Waals surface area contributed by atoms with Crippen molar-refractivity contribution in [1.82, 2.24) is 10.6 Å². The van der Waals surface area contributed by atoms with Crippen LogP contribution in [0.2, 0.25) is 0 Å². The zero-order chi connectivity index (χ0) is 21.3. The lowest BCUT2D eigenvalue weighted by atomic mass is 9.90. The summed E-state index contributed by atoms with van der Waals surface area (Å²) in [5.74, 6) is -0.940. The van der Waals surface area contributed by atoms with E-state index in [2.05, 4.69) is 10.6 Å². The average Bonchev–Trinajstić information content (AvgIpc) is 2.62. The first-order chi connectivity index (χ1) is 13.0. The fourth-order valence-corrected chi connectivity index (χ4v) is 2.80. The van der Waals surface area contributed by atoms with Crippen LogP contribution in [0.5, 0.6) is 0 Å². The molecular formula is C21H32N2O5. The second kappa shape index (κ2) is 10.7. The van der Waals surface area contributed by atoms with E-state index >= 15 is 0 Å². The predicted octanol–water partition coefficient (Wildman–Crippen LogP) is 3.15. The number of ether oxygens (including phenoxy) is 2. The topological polar surface area (TPSA) is 93.7 Å². The Labute approximate surface area is 167 Å². The van der Waals surface area contributed by atoms with Crippen LogP contribution in [-0.4, -0.2) is 43.3 Å². The summed E-state index contributed by atoms with van der Waals surface area (Å²) in [5, 5.41) is 5.49. The van der Waals surface area contributed by atoms with Crippen molar-refractivity contribution in [2.45, 2.75) is 52.7 Å². The van der Waals surface area contributed by atoms with Gasteiger partial charge < -0.3 is 20.1 Å². The van der Waals surface area contributed by atoms with Gasteiger partial charge in [-0.2, -0.15) is 0 Å². The van der Waals surface area contributed by atoms with Crippen LogP contribution in [0.1, 0.15) is 51.4 Å².